The molecule has 0 aliphatic carbocycles. The van der Waals surface area contributed by atoms with Gasteiger partial charge in [-0.15, -0.1) is 0 Å². The fraction of sp³-hybridized carbons (Fsp3) is 0.500. The van der Waals surface area contributed by atoms with Gasteiger partial charge in [0.05, 0.1) is 0 Å². The minimum Gasteiger partial charge on any atom is -0.330 e. The lowest BCUT2D eigenvalue weighted by Gasteiger charge is -2.08. The molecule has 1 aromatic carbocycles. The van der Waals surface area contributed by atoms with Crippen LogP contribution in [-0.4, -0.2) is 6.54 Å². The van der Waals surface area contributed by atoms with Gasteiger partial charge in [-0.1, -0.05) is 29.3 Å². The fourth-order valence-corrected chi connectivity index (χ4v) is 1.88. The standard InChI is InChI=1S/C12H18ClN/c1-9-7-10(2)12(13)11(8-9)5-3-4-6-14/h7-8H,3-6,14H2,1-2H3. The number of nitrogens with two attached hydrogens (primary N) is 1. The van der Waals surface area contributed by atoms with Gasteiger partial charge in [0, 0.05) is 5.02 Å². The van der Waals surface area contributed by atoms with E-state index >= 15 is 0 Å². The van der Waals surface area contributed by atoms with Gasteiger partial charge in [0.15, 0.2) is 0 Å². The first-order valence-corrected chi connectivity index (χ1v) is 5.48. The van der Waals surface area contributed by atoms with E-state index in [-0.39, 0.29) is 0 Å². The monoisotopic (exact) mass is 211 g/mol. The SMILES string of the molecule is Cc1cc(C)c(Cl)c(CCCCN)c1. The number of benzene rings is 1. The van der Waals surface area contributed by atoms with Crippen LogP contribution in [0.2, 0.25) is 5.02 Å². The van der Waals surface area contributed by atoms with Gasteiger partial charge in [0.2, 0.25) is 0 Å². The molecule has 0 radical (unpaired) electrons. The number of hydrogen-bond donors (Lipinski definition) is 1. The number of unbranched alkanes of at least 4 members (excludes halogenated alkanes) is 1. The maximum absolute atomic E-state index is 6.21. The molecule has 14 heavy (non-hydrogen) atoms. The zero-order valence-electron chi connectivity index (χ0n) is 8.94. The van der Waals surface area contributed by atoms with Crippen LogP contribution in [0.5, 0.6) is 0 Å². The largest absolute Gasteiger partial charge is 0.330 e. The van der Waals surface area contributed by atoms with Gasteiger partial charge >= 0.3 is 0 Å². The first-order valence-electron chi connectivity index (χ1n) is 5.11. The van der Waals surface area contributed by atoms with Crippen LogP contribution in [0.1, 0.15) is 29.5 Å². The van der Waals surface area contributed by atoms with Gasteiger partial charge in [0.25, 0.3) is 0 Å². The maximum atomic E-state index is 6.21. The smallest absolute Gasteiger partial charge is 0.0467 e. The third-order valence-corrected chi connectivity index (χ3v) is 2.92. The second-order valence-corrected chi connectivity index (χ2v) is 4.18. The Morgan fingerprint density at radius 1 is 1.21 bits per heavy atom. The highest BCUT2D eigenvalue weighted by molar-refractivity contribution is 6.32. The van der Waals surface area contributed by atoms with E-state index < -0.39 is 0 Å². The van der Waals surface area contributed by atoms with Gasteiger partial charge in [-0.05, 0) is 50.8 Å². The minimum atomic E-state index is 0.766. The minimum absolute atomic E-state index is 0.766. The first kappa shape index (κ1) is 11.5. The molecule has 0 spiro atoms. The normalized spacial score (nSPS) is 10.6. The second kappa shape index (κ2) is 5.38. The molecule has 2 heteroatoms. The quantitative estimate of drug-likeness (QED) is 0.761. The summed E-state index contributed by atoms with van der Waals surface area (Å²) in [5, 5.41) is 0.924. The summed E-state index contributed by atoms with van der Waals surface area (Å²) in [6.07, 6.45) is 3.24. The van der Waals surface area contributed by atoms with Crippen LogP contribution < -0.4 is 5.73 Å². The summed E-state index contributed by atoms with van der Waals surface area (Å²) >= 11 is 6.21. The number of hydrogen-bond acceptors (Lipinski definition) is 1. The fourth-order valence-electron chi connectivity index (χ4n) is 1.68. The average molecular weight is 212 g/mol. The van der Waals surface area contributed by atoms with E-state index in [9.17, 15) is 0 Å². The molecule has 2 N–H and O–H groups in total. The summed E-state index contributed by atoms with van der Waals surface area (Å²) in [7, 11) is 0. The molecule has 0 saturated carbocycles. The highest BCUT2D eigenvalue weighted by Crippen LogP contribution is 2.23. The van der Waals surface area contributed by atoms with Crippen LogP contribution in [0.15, 0.2) is 12.1 Å². The van der Waals surface area contributed by atoms with Crippen molar-refractivity contribution in [3.8, 4) is 0 Å². The summed E-state index contributed by atoms with van der Waals surface area (Å²) in [5.74, 6) is 0. The van der Waals surface area contributed by atoms with Crippen LogP contribution in [0.4, 0.5) is 0 Å². The van der Waals surface area contributed by atoms with Crippen molar-refractivity contribution < 1.29 is 0 Å². The summed E-state index contributed by atoms with van der Waals surface area (Å²) < 4.78 is 0. The van der Waals surface area contributed by atoms with Crippen LogP contribution in [0.3, 0.4) is 0 Å². The van der Waals surface area contributed by atoms with Gasteiger partial charge in [-0.3, -0.25) is 0 Å². The molecule has 0 fully saturated rings. The summed E-state index contributed by atoms with van der Waals surface area (Å²) in [6.45, 7) is 4.93. The lowest BCUT2D eigenvalue weighted by Crippen LogP contribution is -1.99. The Morgan fingerprint density at radius 2 is 1.93 bits per heavy atom. The molecule has 0 saturated heterocycles. The molecule has 1 aromatic rings. The van der Waals surface area contributed by atoms with E-state index in [0.717, 1.165) is 30.8 Å². The highest BCUT2D eigenvalue weighted by atomic mass is 35.5. The van der Waals surface area contributed by atoms with Crippen molar-refractivity contribution in [2.75, 3.05) is 6.54 Å². The number of rotatable bonds is 4. The van der Waals surface area contributed by atoms with Crippen molar-refractivity contribution in [1.29, 1.82) is 0 Å². The summed E-state index contributed by atoms with van der Waals surface area (Å²) in [6, 6.07) is 4.29. The van der Waals surface area contributed by atoms with Crippen molar-refractivity contribution in [2.45, 2.75) is 33.1 Å². The zero-order valence-corrected chi connectivity index (χ0v) is 9.69. The molecule has 0 aromatic heterocycles. The van der Waals surface area contributed by atoms with Crippen LogP contribution in [-0.2, 0) is 6.42 Å². The number of aryl methyl sites for hydroxylation is 3. The molecule has 0 bridgehead atoms. The molecule has 1 nitrogen and oxygen atoms in total. The second-order valence-electron chi connectivity index (χ2n) is 3.80. The molecule has 0 aliphatic heterocycles. The molecule has 0 aliphatic rings. The van der Waals surface area contributed by atoms with Crippen LogP contribution in [0, 0.1) is 13.8 Å². The van der Waals surface area contributed by atoms with E-state index in [1.807, 2.05) is 0 Å². The predicted molar refractivity (Wildman–Crippen MR) is 62.9 cm³/mol. The Morgan fingerprint density at radius 3 is 2.57 bits per heavy atom. The van der Waals surface area contributed by atoms with Crippen molar-refractivity contribution in [2.24, 2.45) is 5.73 Å². The Bertz CT molecular complexity index is 307. The van der Waals surface area contributed by atoms with Crippen LogP contribution >= 0.6 is 11.6 Å². The Hall–Kier alpha value is -0.530. The molecule has 0 amide bonds. The third kappa shape index (κ3) is 3.00. The average Bonchev–Trinajstić information content (AvgIpc) is 2.13. The summed E-state index contributed by atoms with van der Waals surface area (Å²) in [5.41, 5.74) is 9.18. The first-order chi connectivity index (χ1) is 6.65. The van der Waals surface area contributed by atoms with E-state index in [0.29, 0.717) is 0 Å². The van der Waals surface area contributed by atoms with Gasteiger partial charge in [-0.2, -0.15) is 0 Å². The van der Waals surface area contributed by atoms with Gasteiger partial charge in [-0.25, -0.2) is 0 Å². The third-order valence-electron chi connectivity index (χ3n) is 2.37. The summed E-state index contributed by atoms with van der Waals surface area (Å²) in [4.78, 5) is 0. The topological polar surface area (TPSA) is 26.0 Å². The van der Waals surface area contributed by atoms with Crippen molar-refractivity contribution in [3.05, 3.63) is 33.8 Å². The maximum Gasteiger partial charge on any atom is 0.0467 e. The van der Waals surface area contributed by atoms with Crippen molar-refractivity contribution in [3.63, 3.8) is 0 Å². The van der Waals surface area contributed by atoms with Gasteiger partial charge in [0.1, 0.15) is 0 Å². The molecule has 78 valence electrons. The van der Waals surface area contributed by atoms with E-state index in [4.69, 9.17) is 17.3 Å². The Kier molecular flexibility index (Phi) is 4.43. The van der Waals surface area contributed by atoms with Crippen molar-refractivity contribution in [1.82, 2.24) is 0 Å². The van der Waals surface area contributed by atoms with Crippen molar-refractivity contribution >= 4 is 11.6 Å². The van der Waals surface area contributed by atoms with Gasteiger partial charge < -0.3 is 5.73 Å². The predicted octanol–water partition coefficient (Wildman–Crippen LogP) is 3.24. The Labute approximate surface area is 91.3 Å². The molecular weight excluding hydrogens is 194 g/mol. The lowest BCUT2D eigenvalue weighted by molar-refractivity contribution is 0.744. The molecular formula is C12H18ClN. The molecule has 0 heterocycles. The Balaban J connectivity index is 2.75. The highest BCUT2D eigenvalue weighted by Gasteiger charge is 2.03. The number of halogens is 1. The van der Waals surface area contributed by atoms with E-state index in [1.54, 1.807) is 0 Å². The molecule has 1 rings (SSSR count). The molecule has 0 unspecified atom stereocenters. The molecule has 0 atom stereocenters. The van der Waals surface area contributed by atoms with E-state index in [1.165, 1.54) is 16.7 Å². The zero-order chi connectivity index (χ0) is 10.6. The van der Waals surface area contributed by atoms with Crippen LogP contribution in [0.25, 0.3) is 0 Å². The lowest BCUT2D eigenvalue weighted by atomic mass is 10.0. The van der Waals surface area contributed by atoms with E-state index in [2.05, 4.69) is 26.0 Å².